The highest BCUT2D eigenvalue weighted by Gasteiger charge is 2.24. The number of methoxy groups -OCH3 is 1. The van der Waals surface area contributed by atoms with Crippen LogP contribution in [-0.2, 0) is 0 Å². The molecule has 1 aliphatic rings. The molecule has 19 heavy (non-hydrogen) atoms. The van der Waals surface area contributed by atoms with Gasteiger partial charge in [0.05, 0.1) is 28.3 Å². The molecule has 1 atom stereocenters. The van der Waals surface area contributed by atoms with Crippen molar-refractivity contribution in [1.82, 2.24) is 0 Å². The molecule has 0 saturated heterocycles. The van der Waals surface area contributed by atoms with Gasteiger partial charge in [-0.15, -0.1) is 0 Å². The first kappa shape index (κ1) is 11.8. The van der Waals surface area contributed by atoms with Crippen molar-refractivity contribution in [3.63, 3.8) is 0 Å². The average molecular weight is 277 g/mol. The van der Waals surface area contributed by atoms with Crippen LogP contribution in [0.5, 0.6) is 5.75 Å². The highest BCUT2D eigenvalue weighted by molar-refractivity contribution is 7.15. The first-order valence-corrected chi connectivity index (χ1v) is 6.44. The molecule has 0 bridgehead atoms. The fourth-order valence-corrected chi connectivity index (χ4v) is 2.80. The Hall–Kier alpha value is -2.28. The third-order valence-corrected chi connectivity index (χ3v) is 4.01. The number of nitrogens with one attached hydrogen (secondary N) is 2. The molecule has 0 radical (unpaired) electrons. The largest absolute Gasteiger partial charge is 0.497 e. The maximum atomic E-state index is 10.7. The van der Waals surface area contributed by atoms with Crippen molar-refractivity contribution >= 4 is 27.7 Å². The quantitative estimate of drug-likeness (QED) is 0.665. The van der Waals surface area contributed by atoms with Crippen molar-refractivity contribution in [2.24, 2.45) is 0 Å². The summed E-state index contributed by atoms with van der Waals surface area (Å²) < 4.78 is 5.16. The number of fused-ring (bicyclic) bond motifs is 1. The Balaban J connectivity index is 1.84. The van der Waals surface area contributed by atoms with Crippen molar-refractivity contribution < 1.29 is 9.66 Å². The van der Waals surface area contributed by atoms with Gasteiger partial charge in [0.15, 0.2) is 0 Å². The molecule has 98 valence electrons. The lowest BCUT2D eigenvalue weighted by atomic mass is 10.2. The van der Waals surface area contributed by atoms with Crippen molar-refractivity contribution in [3.05, 3.63) is 45.3 Å². The summed E-state index contributed by atoms with van der Waals surface area (Å²) in [6.07, 6.45) is -0.138. The van der Waals surface area contributed by atoms with E-state index in [9.17, 15) is 10.1 Å². The number of hydrogen-bond acceptors (Lipinski definition) is 6. The molecule has 7 heteroatoms. The smallest absolute Gasteiger partial charge is 0.324 e. The zero-order chi connectivity index (χ0) is 13.4. The van der Waals surface area contributed by atoms with Crippen LogP contribution in [-0.4, -0.2) is 12.0 Å². The molecule has 0 fully saturated rings. The van der Waals surface area contributed by atoms with Gasteiger partial charge in [-0.3, -0.25) is 10.1 Å². The lowest BCUT2D eigenvalue weighted by Crippen LogP contribution is -2.09. The number of ether oxygens (including phenoxy) is 1. The van der Waals surface area contributed by atoms with Crippen LogP contribution >= 0.6 is 11.3 Å². The van der Waals surface area contributed by atoms with Crippen LogP contribution in [0.15, 0.2) is 30.3 Å². The second-order valence-electron chi connectivity index (χ2n) is 4.07. The Bertz CT molecular complexity index is 641. The van der Waals surface area contributed by atoms with Crippen LogP contribution in [0, 0.1) is 10.1 Å². The second kappa shape index (κ2) is 4.43. The maximum absolute atomic E-state index is 10.7. The van der Waals surface area contributed by atoms with E-state index < -0.39 is 0 Å². The lowest BCUT2D eigenvalue weighted by molar-refractivity contribution is -0.380. The Labute approximate surface area is 113 Å². The Kier molecular flexibility index (Phi) is 2.75. The van der Waals surface area contributed by atoms with E-state index in [4.69, 9.17) is 4.74 Å². The number of hydrogen-bond donors (Lipinski definition) is 2. The number of nitrogens with zero attached hydrogens (tertiary/aromatic N) is 1. The molecule has 2 aromatic rings. The number of anilines is 2. The summed E-state index contributed by atoms with van der Waals surface area (Å²) >= 11 is 1.16. The standard InChI is InChI=1S/C12H11N3O3S/c1-18-7-2-3-8-9(6-7)14-12(13-8)10-4-5-11(19-10)15(16)17/h2-6,12-14H,1H3/t12-/m1/s1. The van der Waals surface area contributed by atoms with E-state index in [1.54, 1.807) is 13.2 Å². The molecule has 3 rings (SSSR count). The molecule has 0 spiro atoms. The SMILES string of the molecule is COc1ccc2c(c1)N[C@H](c1ccc([N+](=O)[O-])s1)N2. The summed E-state index contributed by atoms with van der Waals surface area (Å²) in [5, 5.41) is 17.4. The highest BCUT2D eigenvalue weighted by Crippen LogP contribution is 2.40. The minimum Gasteiger partial charge on any atom is -0.497 e. The van der Waals surface area contributed by atoms with Gasteiger partial charge in [0, 0.05) is 12.1 Å². The van der Waals surface area contributed by atoms with E-state index >= 15 is 0 Å². The van der Waals surface area contributed by atoms with Gasteiger partial charge in [-0.25, -0.2) is 0 Å². The van der Waals surface area contributed by atoms with Crippen molar-refractivity contribution in [2.45, 2.75) is 6.17 Å². The lowest BCUT2D eigenvalue weighted by Gasteiger charge is -2.08. The summed E-state index contributed by atoms with van der Waals surface area (Å²) in [6, 6.07) is 8.96. The molecule has 0 unspecified atom stereocenters. The maximum Gasteiger partial charge on any atom is 0.324 e. The fraction of sp³-hybridized carbons (Fsp3) is 0.167. The molecule has 0 saturated carbocycles. The van der Waals surface area contributed by atoms with E-state index in [1.807, 2.05) is 18.2 Å². The van der Waals surface area contributed by atoms with Gasteiger partial charge in [-0.2, -0.15) is 0 Å². The van der Waals surface area contributed by atoms with E-state index in [-0.39, 0.29) is 16.1 Å². The summed E-state index contributed by atoms with van der Waals surface area (Å²) in [5.74, 6) is 0.769. The summed E-state index contributed by atoms with van der Waals surface area (Å²) in [6.45, 7) is 0. The van der Waals surface area contributed by atoms with Crippen molar-refractivity contribution in [1.29, 1.82) is 0 Å². The predicted molar refractivity (Wildman–Crippen MR) is 74.0 cm³/mol. The number of thiophene rings is 1. The number of rotatable bonds is 3. The van der Waals surface area contributed by atoms with Gasteiger partial charge in [0.25, 0.3) is 0 Å². The van der Waals surface area contributed by atoms with Gasteiger partial charge in [-0.05, 0) is 18.2 Å². The molecule has 1 aromatic carbocycles. The normalized spacial score (nSPS) is 16.4. The van der Waals surface area contributed by atoms with E-state index in [1.165, 1.54) is 6.07 Å². The Morgan fingerprint density at radius 1 is 1.26 bits per heavy atom. The van der Waals surface area contributed by atoms with Gasteiger partial charge < -0.3 is 15.4 Å². The van der Waals surface area contributed by atoms with Gasteiger partial charge in [-0.1, -0.05) is 11.3 Å². The highest BCUT2D eigenvalue weighted by atomic mass is 32.1. The average Bonchev–Trinajstić information content (AvgIpc) is 3.04. The fourth-order valence-electron chi connectivity index (χ4n) is 1.98. The first-order valence-electron chi connectivity index (χ1n) is 5.62. The minimum atomic E-state index is -0.376. The van der Waals surface area contributed by atoms with Crippen LogP contribution in [0.2, 0.25) is 0 Å². The van der Waals surface area contributed by atoms with Gasteiger partial charge in [0.1, 0.15) is 11.9 Å². The predicted octanol–water partition coefficient (Wildman–Crippen LogP) is 3.20. The minimum absolute atomic E-state index is 0.138. The monoisotopic (exact) mass is 277 g/mol. The zero-order valence-corrected chi connectivity index (χ0v) is 10.9. The molecular weight excluding hydrogens is 266 g/mol. The van der Waals surface area contributed by atoms with Crippen molar-refractivity contribution in [2.75, 3.05) is 17.7 Å². The third-order valence-electron chi connectivity index (χ3n) is 2.90. The number of nitro groups is 1. The van der Waals surface area contributed by atoms with E-state index in [0.717, 1.165) is 33.3 Å². The van der Waals surface area contributed by atoms with Crippen LogP contribution in [0.25, 0.3) is 0 Å². The van der Waals surface area contributed by atoms with Crippen LogP contribution < -0.4 is 15.4 Å². The third kappa shape index (κ3) is 2.08. The van der Waals surface area contributed by atoms with Crippen LogP contribution in [0.3, 0.4) is 0 Å². The molecule has 1 aromatic heterocycles. The summed E-state index contributed by atoms with van der Waals surface area (Å²) in [5.41, 5.74) is 1.89. The molecule has 2 heterocycles. The molecule has 1 aliphatic heterocycles. The van der Waals surface area contributed by atoms with E-state index in [0.29, 0.717) is 0 Å². The molecule has 2 N–H and O–H groups in total. The Morgan fingerprint density at radius 3 is 2.74 bits per heavy atom. The number of benzene rings is 1. The molecule has 6 nitrogen and oxygen atoms in total. The zero-order valence-electron chi connectivity index (χ0n) is 10.0. The molecule has 0 aliphatic carbocycles. The van der Waals surface area contributed by atoms with Crippen LogP contribution in [0.4, 0.5) is 16.4 Å². The second-order valence-corrected chi connectivity index (χ2v) is 5.16. The van der Waals surface area contributed by atoms with Gasteiger partial charge >= 0.3 is 5.00 Å². The van der Waals surface area contributed by atoms with E-state index in [2.05, 4.69) is 10.6 Å². The first-order chi connectivity index (χ1) is 9.17. The summed E-state index contributed by atoms with van der Waals surface area (Å²) in [4.78, 5) is 11.2. The van der Waals surface area contributed by atoms with Gasteiger partial charge in [0.2, 0.25) is 0 Å². The molecule has 0 amide bonds. The van der Waals surface area contributed by atoms with Crippen molar-refractivity contribution in [3.8, 4) is 5.75 Å². The molecular formula is C12H11N3O3S. The van der Waals surface area contributed by atoms with Crippen LogP contribution in [0.1, 0.15) is 11.0 Å². The topological polar surface area (TPSA) is 76.4 Å². The summed E-state index contributed by atoms with van der Waals surface area (Å²) in [7, 11) is 1.62. The Morgan fingerprint density at radius 2 is 2.05 bits per heavy atom.